The molecular formula is C18H20N4O2. The second-order valence-electron chi connectivity index (χ2n) is 6.00. The van der Waals surface area contributed by atoms with Crippen LogP contribution in [0.2, 0.25) is 0 Å². The van der Waals surface area contributed by atoms with Gasteiger partial charge in [-0.1, -0.05) is 32.1 Å². The minimum absolute atomic E-state index is 0.125. The average Bonchev–Trinajstić information content (AvgIpc) is 2.91. The van der Waals surface area contributed by atoms with Crippen molar-refractivity contribution in [1.82, 2.24) is 18.7 Å². The predicted octanol–water partition coefficient (Wildman–Crippen LogP) is 2.35. The van der Waals surface area contributed by atoms with Crippen molar-refractivity contribution in [3.63, 3.8) is 0 Å². The highest BCUT2D eigenvalue weighted by atomic mass is 16.2. The zero-order valence-electron chi connectivity index (χ0n) is 13.8. The van der Waals surface area contributed by atoms with Gasteiger partial charge in [0.2, 0.25) is 5.65 Å². The van der Waals surface area contributed by atoms with E-state index in [0.717, 1.165) is 5.69 Å². The second kappa shape index (κ2) is 6.31. The summed E-state index contributed by atoms with van der Waals surface area (Å²) in [4.78, 5) is 24.9. The average molecular weight is 324 g/mol. The van der Waals surface area contributed by atoms with Gasteiger partial charge in [-0.05, 0) is 30.0 Å². The molecule has 2 heterocycles. The van der Waals surface area contributed by atoms with Gasteiger partial charge in [-0.3, -0.25) is 9.36 Å². The molecule has 3 aromatic rings. The monoisotopic (exact) mass is 324 g/mol. The highest BCUT2D eigenvalue weighted by molar-refractivity contribution is 5.41. The van der Waals surface area contributed by atoms with E-state index in [0.29, 0.717) is 18.9 Å². The number of nitrogens with zero attached hydrogens (tertiary/aromatic N) is 4. The van der Waals surface area contributed by atoms with Crippen LogP contribution in [-0.2, 0) is 6.54 Å². The van der Waals surface area contributed by atoms with Crippen molar-refractivity contribution in [3.8, 4) is 5.69 Å². The van der Waals surface area contributed by atoms with E-state index >= 15 is 0 Å². The lowest BCUT2D eigenvalue weighted by molar-refractivity contribution is 0.601. The highest BCUT2D eigenvalue weighted by Gasteiger charge is 2.12. The first kappa shape index (κ1) is 16.0. The molecule has 24 heavy (non-hydrogen) atoms. The van der Waals surface area contributed by atoms with Crippen LogP contribution in [0, 0.1) is 0 Å². The van der Waals surface area contributed by atoms with Crippen LogP contribution in [-0.4, -0.2) is 18.7 Å². The number of aryl methyl sites for hydroxylation is 1. The van der Waals surface area contributed by atoms with Crippen molar-refractivity contribution >= 4 is 5.65 Å². The van der Waals surface area contributed by atoms with Gasteiger partial charge in [-0.25, -0.2) is 13.9 Å². The Kier molecular flexibility index (Phi) is 4.20. The maximum atomic E-state index is 12.7. The summed E-state index contributed by atoms with van der Waals surface area (Å²) in [5.41, 5.74) is 1.45. The van der Waals surface area contributed by atoms with Gasteiger partial charge < -0.3 is 0 Å². The standard InChI is InChI=1S/C18H20N4O2/c1-4-5-10-22-18(24)21-12-11-20(17(23)16(21)19-22)15-8-6-14(7-9-15)13(2)3/h4,6-9,11-13H,1,5,10H2,2-3H3. The number of rotatable bonds is 5. The third-order valence-electron chi connectivity index (χ3n) is 4.03. The summed E-state index contributed by atoms with van der Waals surface area (Å²) in [6.07, 6.45) is 5.51. The van der Waals surface area contributed by atoms with E-state index in [4.69, 9.17) is 0 Å². The van der Waals surface area contributed by atoms with Crippen molar-refractivity contribution in [2.75, 3.05) is 0 Å². The maximum Gasteiger partial charge on any atom is 0.350 e. The van der Waals surface area contributed by atoms with Crippen molar-refractivity contribution in [2.45, 2.75) is 32.7 Å². The molecule has 3 rings (SSSR count). The summed E-state index contributed by atoms with van der Waals surface area (Å²) < 4.78 is 4.08. The Morgan fingerprint density at radius 1 is 1.17 bits per heavy atom. The van der Waals surface area contributed by atoms with Crippen LogP contribution in [0.1, 0.15) is 31.7 Å². The van der Waals surface area contributed by atoms with E-state index in [1.165, 1.54) is 19.2 Å². The zero-order valence-corrected chi connectivity index (χ0v) is 13.8. The largest absolute Gasteiger partial charge is 0.350 e. The normalized spacial score (nSPS) is 11.3. The Labute approximate surface area is 139 Å². The van der Waals surface area contributed by atoms with Crippen LogP contribution < -0.4 is 11.2 Å². The van der Waals surface area contributed by atoms with Gasteiger partial charge in [0.1, 0.15) is 0 Å². The molecule has 0 fully saturated rings. The topological polar surface area (TPSA) is 61.3 Å². The predicted molar refractivity (Wildman–Crippen MR) is 94.0 cm³/mol. The zero-order chi connectivity index (χ0) is 17.3. The molecule has 0 bridgehead atoms. The van der Waals surface area contributed by atoms with Gasteiger partial charge in [-0.15, -0.1) is 11.7 Å². The Morgan fingerprint density at radius 3 is 2.50 bits per heavy atom. The van der Waals surface area contributed by atoms with E-state index in [-0.39, 0.29) is 16.9 Å². The number of hydrogen-bond donors (Lipinski definition) is 0. The first-order chi connectivity index (χ1) is 11.5. The van der Waals surface area contributed by atoms with E-state index in [2.05, 4.69) is 25.5 Å². The van der Waals surface area contributed by atoms with E-state index in [1.807, 2.05) is 24.3 Å². The minimum Gasteiger partial charge on any atom is -0.280 e. The fraction of sp³-hybridized carbons (Fsp3) is 0.278. The smallest absolute Gasteiger partial charge is 0.280 e. The molecule has 0 unspecified atom stereocenters. The third kappa shape index (κ3) is 2.71. The van der Waals surface area contributed by atoms with Crippen LogP contribution in [0.5, 0.6) is 0 Å². The van der Waals surface area contributed by atoms with Crippen molar-refractivity contribution in [2.24, 2.45) is 0 Å². The second-order valence-corrected chi connectivity index (χ2v) is 6.00. The van der Waals surface area contributed by atoms with Gasteiger partial charge in [-0.2, -0.15) is 0 Å². The number of benzene rings is 1. The molecule has 0 amide bonds. The molecule has 124 valence electrons. The molecule has 1 aromatic carbocycles. The van der Waals surface area contributed by atoms with Gasteiger partial charge in [0.15, 0.2) is 0 Å². The maximum absolute atomic E-state index is 12.7. The summed E-state index contributed by atoms with van der Waals surface area (Å²) in [7, 11) is 0. The fourth-order valence-corrected chi connectivity index (χ4v) is 2.59. The number of fused-ring (bicyclic) bond motifs is 1. The highest BCUT2D eigenvalue weighted by Crippen LogP contribution is 2.16. The molecule has 0 aliphatic rings. The molecule has 0 atom stereocenters. The van der Waals surface area contributed by atoms with Gasteiger partial charge in [0, 0.05) is 24.6 Å². The molecule has 0 aliphatic heterocycles. The summed E-state index contributed by atoms with van der Waals surface area (Å²) in [6, 6.07) is 7.82. The summed E-state index contributed by atoms with van der Waals surface area (Å²) >= 11 is 0. The fourth-order valence-electron chi connectivity index (χ4n) is 2.59. The number of aromatic nitrogens is 4. The number of allylic oxidation sites excluding steroid dienone is 1. The van der Waals surface area contributed by atoms with Crippen LogP contribution >= 0.6 is 0 Å². The van der Waals surface area contributed by atoms with Crippen molar-refractivity contribution < 1.29 is 0 Å². The lowest BCUT2D eigenvalue weighted by atomic mass is 10.0. The summed E-state index contributed by atoms with van der Waals surface area (Å²) in [6.45, 7) is 8.28. The molecule has 0 radical (unpaired) electrons. The van der Waals surface area contributed by atoms with Crippen LogP contribution in [0.3, 0.4) is 0 Å². The molecule has 0 saturated carbocycles. The molecular weight excluding hydrogens is 304 g/mol. The first-order valence-electron chi connectivity index (χ1n) is 7.95. The van der Waals surface area contributed by atoms with Crippen molar-refractivity contribution in [3.05, 3.63) is 75.7 Å². The number of hydrogen-bond acceptors (Lipinski definition) is 3. The molecule has 6 heteroatoms. The van der Waals surface area contributed by atoms with Crippen LogP contribution in [0.4, 0.5) is 0 Å². The molecule has 0 spiro atoms. The summed E-state index contributed by atoms with van der Waals surface area (Å²) in [5, 5.41) is 4.17. The van der Waals surface area contributed by atoms with Gasteiger partial charge in [0.05, 0.1) is 0 Å². The Morgan fingerprint density at radius 2 is 1.88 bits per heavy atom. The molecule has 0 N–H and O–H groups in total. The van der Waals surface area contributed by atoms with Gasteiger partial charge in [0.25, 0.3) is 0 Å². The Hall–Kier alpha value is -2.89. The lowest BCUT2D eigenvalue weighted by Crippen LogP contribution is -2.24. The Balaban J connectivity index is 2.10. The van der Waals surface area contributed by atoms with Gasteiger partial charge >= 0.3 is 11.2 Å². The molecule has 6 nitrogen and oxygen atoms in total. The lowest BCUT2D eigenvalue weighted by Gasteiger charge is -2.08. The summed E-state index contributed by atoms with van der Waals surface area (Å²) in [5.74, 6) is 0.428. The third-order valence-corrected chi connectivity index (χ3v) is 4.03. The van der Waals surface area contributed by atoms with Crippen molar-refractivity contribution in [1.29, 1.82) is 0 Å². The molecule has 2 aromatic heterocycles. The van der Waals surface area contributed by atoms with Crippen LogP contribution in [0.25, 0.3) is 11.3 Å². The molecule has 0 aliphatic carbocycles. The van der Waals surface area contributed by atoms with E-state index in [9.17, 15) is 9.59 Å². The van der Waals surface area contributed by atoms with E-state index in [1.54, 1.807) is 18.5 Å². The Bertz CT molecular complexity index is 991. The SMILES string of the molecule is C=CCCn1nc2c(=O)n(-c3ccc(C(C)C)cc3)ccn2c1=O. The quantitative estimate of drug-likeness (QED) is 0.677. The van der Waals surface area contributed by atoms with E-state index < -0.39 is 0 Å². The minimum atomic E-state index is -0.316. The van der Waals surface area contributed by atoms with Crippen LogP contribution in [0.15, 0.2) is 58.9 Å². The molecule has 0 saturated heterocycles. The first-order valence-corrected chi connectivity index (χ1v) is 7.95.